The summed E-state index contributed by atoms with van der Waals surface area (Å²) in [6.45, 7) is 1.14. The Balaban J connectivity index is 1.72. The zero-order valence-electron chi connectivity index (χ0n) is 18.0. The van der Waals surface area contributed by atoms with Crippen LogP contribution in [0.3, 0.4) is 0 Å². The van der Waals surface area contributed by atoms with Gasteiger partial charge in [0.05, 0.1) is 11.7 Å². The second kappa shape index (κ2) is 11.3. The molecule has 1 heterocycles. The van der Waals surface area contributed by atoms with Crippen molar-refractivity contribution in [2.45, 2.75) is 43.7 Å². The molecule has 10 heteroatoms. The molecule has 1 amide bonds. The summed E-state index contributed by atoms with van der Waals surface area (Å²) in [5.74, 6) is -0.537. The number of carbonyl (C=O) groups is 1. The second-order valence-corrected chi connectivity index (χ2v) is 7.88. The van der Waals surface area contributed by atoms with Crippen LogP contribution in [0.5, 0.6) is 0 Å². The fourth-order valence-electron chi connectivity index (χ4n) is 3.45. The molecule has 0 aliphatic carbocycles. The van der Waals surface area contributed by atoms with Gasteiger partial charge >= 0.3 is 6.18 Å². The number of aliphatic imine (C=N–C) groups is 1. The molecule has 1 aliphatic rings. The van der Waals surface area contributed by atoms with E-state index in [-0.39, 0.29) is 23.6 Å². The Morgan fingerprint density at radius 3 is 2.30 bits per heavy atom. The number of hydrogen-bond acceptors (Lipinski definition) is 4. The summed E-state index contributed by atoms with van der Waals surface area (Å²) in [6.07, 6.45) is -3.30. The summed E-state index contributed by atoms with van der Waals surface area (Å²) in [5, 5.41) is 6.17. The molecule has 0 aromatic heterocycles. The van der Waals surface area contributed by atoms with Crippen LogP contribution in [0.4, 0.5) is 13.2 Å². The highest BCUT2D eigenvalue weighted by atomic mass is 19.4. The fraction of sp³-hybridized carbons (Fsp3) is 0.391. The molecule has 1 fully saturated rings. The van der Waals surface area contributed by atoms with Crippen molar-refractivity contribution >= 4 is 11.9 Å². The van der Waals surface area contributed by atoms with Crippen molar-refractivity contribution < 1.29 is 22.7 Å². The van der Waals surface area contributed by atoms with Crippen LogP contribution in [-0.2, 0) is 10.9 Å². The molecule has 2 aromatic carbocycles. The predicted molar refractivity (Wildman–Crippen MR) is 119 cm³/mol. The highest BCUT2D eigenvalue weighted by molar-refractivity contribution is 6.02. The minimum Gasteiger partial charge on any atom is -0.381 e. The third-order valence-electron chi connectivity index (χ3n) is 5.29. The summed E-state index contributed by atoms with van der Waals surface area (Å²) in [4.78, 5) is 16.7. The number of nitrogens with one attached hydrogen (secondary N) is 2. The topological polar surface area (TPSA) is 115 Å². The van der Waals surface area contributed by atoms with Gasteiger partial charge in [-0.2, -0.15) is 18.2 Å². The molecule has 1 saturated heterocycles. The molecule has 2 unspecified atom stereocenters. The molecule has 6 N–H and O–H groups in total. The average molecular weight is 464 g/mol. The molecule has 0 spiro atoms. The molecule has 2 aromatic rings. The molecule has 178 valence electrons. The highest BCUT2D eigenvalue weighted by Gasteiger charge is 2.30. The van der Waals surface area contributed by atoms with E-state index in [1.807, 2.05) is 30.3 Å². The largest absolute Gasteiger partial charge is 0.416 e. The summed E-state index contributed by atoms with van der Waals surface area (Å²) < 4.78 is 43.7. The monoisotopic (exact) mass is 463 g/mol. The Morgan fingerprint density at radius 2 is 1.70 bits per heavy atom. The summed E-state index contributed by atoms with van der Waals surface area (Å²) in [6, 6.07) is 13.1. The molecule has 1 aliphatic heterocycles. The fourth-order valence-corrected chi connectivity index (χ4v) is 3.45. The number of guanidine groups is 1. The van der Waals surface area contributed by atoms with Crippen molar-refractivity contribution in [3.05, 3.63) is 71.3 Å². The van der Waals surface area contributed by atoms with Gasteiger partial charge in [-0.15, -0.1) is 0 Å². The van der Waals surface area contributed by atoms with Crippen LogP contribution in [0.15, 0.2) is 59.6 Å². The molecule has 0 saturated carbocycles. The lowest BCUT2D eigenvalue weighted by atomic mass is 10.0. The maximum atomic E-state index is 12.8. The third-order valence-corrected chi connectivity index (χ3v) is 5.29. The van der Waals surface area contributed by atoms with Crippen LogP contribution in [0.25, 0.3) is 0 Å². The quantitative estimate of drug-likeness (QED) is 0.298. The minimum absolute atomic E-state index is 0.0143. The number of alkyl halides is 3. The first-order valence-electron chi connectivity index (χ1n) is 10.7. The van der Waals surface area contributed by atoms with Gasteiger partial charge in [0.25, 0.3) is 5.91 Å². The van der Waals surface area contributed by atoms with E-state index in [1.54, 1.807) is 0 Å². The van der Waals surface area contributed by atoms with E-state index in [0.717, 1.165) is 29.8 Å². The van der Waals surface area contributed by atoms with Crippen LogP contribution in [0.2, 0.25) is 0 Å². The molecular weight excluding hydrogens is 435 g/mol. The lowest BCUT2D eigenvalue weighted by molar-refractivity contribution is -0.137. The van der Waals surface area contributed by atoms with Crippen LogP contribution < -0.4 is 22.1 Å². The number of hydrogen-bond donors (Lipinski definition) is 4. The van der Waals surface area contributed by atoms with E-state index in [9.17, 15) is 18.0 Å². The van der Waals surface area contributed by atoms with Gasteiger partial charge in [-0.3, -0.25) is 4.79 Å². The Morgan fingerprint density at radius 1 is 1.06 bits per heavy atom. The van der Waals surface area contributed by atoms with Gasteiger partial charge in [0.1, 0.15) is 0 Å². The second-order valence-electron chi connectivity index (χ2n) is 7.88. The zero-order chi connectivity index (χ0) is 23.8. The Kier molecular flexibility index (Phi) is 8.43. The van der Waals surface area contributed by atoms with Crippen molar-refractivity contribution in [1.29, 1.82) is 0 Å². The zero-order valence-corrected chi connectivity index (χ0v) is 18.0. The molecular formula is C23H28F3N5O2. The molecule has 0 bridgehead atoms. The van der Waals surface area contributed by atoms with Gasteiger partial charge in [-0.05, 0) is 49.1 Å². The van der Waals surface area contributed by atoms with E-state index in [1.165, 1.54) is 0 Å². The molecule has 0 radical (unpaired) electrons. The lowest BCUT2D eigenvalue weighted by Gasteiger charge is -2.27. The van der Waals surface area contributed by atoms with Crippen molar-refractivity contribution in [3.63, 3.8) is 0 Å². The smallest absolute Gasteiger partial charge is 0.381 e. The molecule has 3 rings (SSSR count). The minimum atomic E-state index is -4.48. The van der Waals surface area contributed by atoms with Gasteiger partial charge in [-0.1, -0.05) is 30.3 Å². The Hall–Kier alpha value is -2.95. The molecule has 33 heavy (non-hydrogen) atoms. The summed E-state index contributed by atoms with van der Waals surface area (Å²) in [5.41, 5.74) is 12.6. The van der Waals surface area contributed by atoms with Crippen LogP contribution in [0.1, 0.15) is 46.8 Å². The maximum absolute atomic E-state index is 12.8. The first-order valence-corrected chi connectivity index (χ1v) is 10.7. The van der Waals surface area contributed by atoms with E-state index in [0.29, 0.717) is 32.5 Å². The number of halogens is 3. The Labute approximate surface area is 190 Å². The van der Waals surface area contributed by atoms with Crippen molar-refractivity contribution in [1.82, 2.24) is 10.6 Å². The number of nitrogens with two attached hydrogens (primary N) is 2. The van der Waals surface area contributed by atoms with Gasteiger partial charge in [0, 0.05) is 30.9 Å². The van der Waals surface area contributed by atoms with Crippen LogP contribution in [-0.4, -0.2) is 37.3 Å². The first kappa shape index (κ1) is 24.7. The van der Waals surface area contributed by atoms with Gasteiger partial charge in [-0.25, -0.2) is 0 Å². The number of benzene rings is 2. The molecule has 7 nitrogen and oxygen atoms in total. The standard InChI is InChI=1S/C23H28F3N5O2/c24-23(25,26)17-8-6-16(7-9-17)21(32)31-22(29-18-10-12-33-13-11-18)30-20(28)14-19(27)15-4-2-1-3-5-15/h1-9,18-20H,10-14,27-28H2,(H2,29,30,31,32). The van der Waals surface area contributed by atoms with E-state index in [4.69, 9.17) is 16.2 Å². The number of nitrogens with zero attached hydrogens (tertiary/aromatic N) is 1. The predicted octanol–water partition coefficient (Wildman–Crippen LogP) is 2.93. The van der Waals surface area contributed by atoms with E-state index >= 15 is 0 Å². The van der Waals surface area contributed by atoms with Crippen molar-refractivity contribution in [2.24, 2.45) is 16.5 Å². The number of ether oxygens (including phenoxy) is 1. The first-order chi connectivity index (χ1) is 15.7. The van der Waals surface area contributed by atoms with Gasteiger partial charge < -0.3 is 26.8 Å². The lowest BCUT2D eigenvalue weighted by Crippen LogP contribution is -2.52. The van der Waals surface area contributed by atoms with Crippen molar-refractivity contribution in [3.8, 4) is 0 Å². The molecule has 2 atom stereocenters. The van der Waals surface area contributed by atoms with Crippen molar-refractivity contribution in [2.75, 3.05) is 13.2 Å². The Bertz CT molecular complexity index is 929. The summed E-state index contributed by atoms with van der Waals surface area (Å²) in [7, 11) is 0. The SMILES string of the molecule is NC(CC(N)c1ccccc1)N/C(=N\C(=O)c1ccc(C(F)(F)F)cc1)NC1CCOCC1. The average Bonchev–Trinajstić information content (AvgIpc) is 2.79. The van der Waals surface area contributed by atoms with Gasteiger partial charge in [0.15, 0.2) is 0 Å². The normalized spacial score (nSPS) is 17.3. The third kappa shape index (κ3) is 7.55. The van der Waals surface area contributed by atoms with Crippen LogP contribution in [0, 0.1) is 0 Å². The van der Waals surface area contributed by atoms with E-state index < -0.39 is 23.8 Å². The van der Waals surface area contributed by atoms with E-state index in [2.05, 4.69) is 15.6 Å². The summed E-state index contributed by atoms with van der Waals surface area (Å²) >= 11 is 0. The number of amides is 1. The van der Waals surface area contributed by atoms with Crippen LogP contribution >= 0.6 is 0 Å². The number of carbonyl (C=O) groups excluding carboxylic acids is 1. The highest BCUT2D eigenvalue weighted by Crippen LogP contribution is 2.29. The maximum Gasteiger partial charge on any atom is 0.416 e. The van der Waals surface area contributed by atoms with Gasteiger partial charge in [0.2, 0.25) is 5.96 Å². The number of rotatable bonds is 6.